The minimum atomic E-state index is 0.379. The van der Waals surface area contributed by atoms with Crippen molar-refractivity contribution in [2.45, 2.75) is 33.1 Å². The molecule has 1 aromatic rings. The molecule has 0 saturated carbocycles. The van der Waals surface area contributed by atoms with Crippen LogP contribution < -0.4 is 0 Å². The van der Waals surface area contributed by atoms with Gasteiger partial charge in [-0.05, 0) is 68.1 Å². The monoisotopic (exact) mass is 245 g/mol. The summed E-state index contributed by atoms with van der Waals surface area (Å²) >= 11 is 0. The van der Waals surface area contributed by atoms with E-state index >= 15 is 0 Å². The molecular formula is C16H23NO. The quantitative estimate of drug-likeness (QED) is 0.881. The lowest BCUT2D eigenvalue weighted by Gasteiger charge is -2.27. The third-order valence-electron chi connectivity index (χ3n) is 3.91. The van der Waals surface area contributed by atoms with Crippen molar-refractivity contribution >= 4 is 5.57 Å². The zero-order chi connectivity index (χ0) is 13.1. The van der Waals surface area contributed by atoms with Crippen molar-refractivity contribution in [3.05, 3.63) is 35.4 Å². The fourth-order valence-electron chi connectivity index (χ4n) is 2.52. The van der Waals surface area contributed by atoms with Gasteiger partial charge in [0.05, 0.1) is 0 Å². The number of aryl methyl sites for hydroxylation is 1. The Bertz CT molecular complexity index is 421. The minimum absolute atomic E-state index is 0.379. The normalized spacial score (nSPS) is 16.8. The molecule has 1 aromatic carbocycles. The summed E-state index contributed by atoms with van der Waals surface area (Å²) in [4.78, 5) is 2.46. The molecule has 0 aliphatic carbocycles. The van der Waals surface area contributed by atoms with Crippen LogP contribution in [-0.2, 0) is 0 Å². The van der Waals surface area contributed by atoms with Crippen molar-refractivity contribution in [3.8, 4) is 5.75 Å². The SMILES string of the molecule is C=C(CN1CCCCC1)c1cc(C)c(C)c(O)c1. The molecule has 0 radical (unpaired) electrons. The van der Waals surface area contributed by atoms with E-state index in [0.29, 0.717) is 5.75 Å². The number of hydrogen-bond donors (Lipinski definition) is 1. The van der Waals surface area contributed by atoms with Crippen LogP contribution >= 0.6 is 0 Å². The van der Waals surface area contributed by atoms with E-state index in [0.717, 1.165) is 28.8 Å². The van der Waals surface area contributed by atoms with Crippen molar-refractivity contribution in [2.75, 3.05) is 19.6 Å². The van der Waals surface area contributed by atoms with Gasteiger partial charge in [-0.25, -0.2) is 0 Å². The Balaban J connectivity index is 2.08. The molecule has 0 aromatic heterocycles. The molecule has 1 heterocycles. The van der Waals surface area contributed by atoms with Gasteiger partial charge >= 0.3 is 0 Å². The molecule has 0 bridgehead atoms. The lowest BCUT2D eigenvalue weighted by Crippen LogP contribution is -2.30. The average Bonchev–Trinajstić information content (AvgIpc) is 2.36. The fraction of sp³-hybridized carbons (Fsp3) is 0.500. The van der Waals surface area contributed by atoms with Crippen LogP contribution in [0.1, 0.15) is 36.0 Å². The summed E-state index contributed by atoms with van der Waals surface area (Å²) in [5.41, 5.74) is 4.27. The molecule has 1 aliphatic heterocycles. The van der Waals surface area contributed by atoms with Crippen LogP contribution in [0.2, 0.25) is 0 Å². The molecule has 0 unspecified atom stereocenters. The minimum Gasteiger partial charge on any atom is -0.508 e. The van der Waals surface area contributed by atoms with Crippen LogP contribution in [-0.4, -0.2) is 29.6 Å². The van der Waals surface area contributed by atoms with Gasteiger partial charge in [-0.15, -0.1) is 0 Å². The van der Waals surface area contributed by atoms with E-state index in [9.17, 15) is 5.11 Å². The van der Waals surface area contributed by atoms with Crippen LogP contribution in [0.4, 0.5) is 0 Å². The Hall–Kier alpha value is -1.28. The van der Waals surface area contributed by atoms with Crippen LogP contribution in [0.25, 0.3) is 5.57 Å². The number of piperidine rings is 1. The first kappa shape index (κ1) is 13.2. The van der Waals surface area contributed by atoms with E-state index in [2.05, 4.69) is 17.5 Å². The van der Waals surface area contributed by atoms with Gasteiger partial charge in [0, 0.05) is 6.54 Å². The molecule has 1 aliphatic rings. The van der Waals surface area contributed by atoms with Gasteiger partial charge in [-0.2, -0.15) is 0 Å². The molecular weight excluding hydrogens is 222 g/mol. The lowest BCUT2D eigenvalue weighted by atomic mass is 9.99. The number of benzene rings is 1. The van der Waals surface area contributed by atoms with E-state index in [1.54, 1.807) is 0 Å². The van der Waals surface area contributed by atoms with E-state index in [1.165, 1.54) is 32.4 Å². The van der Waals surface area contributed by atoms with Gasteiger partial charge in [0.1, 0.15) is 5.75 Å². The van der Waals surface area contributed by atoms with Gasteiger partial charge in [-0.3, -0.25) is 4.90 Å². The van der Waals surface area contributed by atoms with E-state index in [1.807, 2.05) is 19.9 Å². The lowest BCUT2D eigenvalue weighted by molar-refractivity contribution is 0.255. The Morgan fingerprint density at radius 3 is 2.50 bits per heavy atom. The molecule has 1 saturated heterocycles. The Kier molecular flexibility index (Phi) is 4.07. The van der Waals surface area contributed by atoms with Crippen LogP contribution in [0, 0.1) is 13.8 Å². The topological polar surface area (TPSA) is 23.5 Å². The Morgan fingerprint density at radius 1 is 1.22 bits per heavy atom. The molecule has 0 atom stereocenters. The van der Waals surface area contributed by atoms with Crippen molar-refractivity contribution in [1.82, 2.24) is 4.90 Å². The number of nitrogens with zero attached hydrogens (tertiary/aromatic N) is 1. The summed E-state index contributed by atoms with van der Waals surface area (Å²) in [5, 5.41) is 9.88. The smallest absolute Gasteiger partial charge is 0.119 e. The molecule has 0 amide bonds. The second-order valence-electron chi connectivity index (χ2n) is 5.38. The average molecular weight is 245 g/mol. The molecule has 2 nitrogen and oxygen atoms in total. The number of phenols is 1. The first-order chi connectivity index (χ1) is 8.58. The van der Waals surface area contributed by atoms with Crippen LogP contribution in [0.3, 0.4) is 0 Å². The standard InChI is InChI=1S/C16H23NO/c1-12-9-15(10-16(18)14(12)3)13(2)11-17-7-5-4-6-8-17/h9-10,18H,2,4-8,11H2,1,3H3. The van der Waals surface area contributed by atoms with E-state index < -0.39 is 0 Å². The maximum atomic E-state index is 9.88. The van der Waals surface area contributed by atoms with Gasteiger partial charge in [0.25, 0.3) is 0 Å². The molecule has 2 heteroatoms. The molecule has 98 valence electrons. The summed E-state index contributed by atoms with van der Waals surface area (Å²) in [6.45, 7) is 11.4. The number of aromatic hydroxyl groups is 1. The highest BCUT2D eigenvalue weighted by atomic mass is 16.3. The molecule has 2 rings (SSSR count). The van der Waals surface area contributed by atoms with Crippen molar-refractivity contribution in [2.24, 2.45) is 0 Å². The summed E-state index contributed by atoms with van der Waals surface area (Å²) in [7, 11) is 0. The van der Waals surface area contributed by atoms with Crippen molar-refractivity contribution in [3.63, 3.8) is 0 Å². The summed E-state index contributed by atoms with van der Waals surface area (Å²) in [6.07, 6.45) is 3.95. The number of hydrogen-bond acceptors (Lipinski definition) is 2. The van der Waals surface area contributed by atoms with Crippen LogP contribution in [0.15, 0.2) is 18.7 Å². The van der Waals surface area contributed by atoms with Crippen molar-refractivity contribution < 1.29 is 5.11 Å². The molecule has 1 fully saturated rings. The largest absolute Gasteiger partial charge is 0.508 e. The highest BCUT2D eigenvalue weighted by molar-refractivity contribution is 5.67. The Morgan fingerprint density at radius 2 is 1.89 bits per heavy atom. The summed E-state index contributed by atoms with van der Waals surface area (Å²) in [6, 6.07) is 3.97. The van der Waals surface area contributed by atoms with Gasteiger partial charge < -0.3 is 5.11 Å². The van der Waals surface area contributed by atoms with E-state index in [-0.39, 0.29) is 0 Å². The number of rotatable bonds is 3. The highest BCUT2D eigenvalue weighted by Crippen LogP contribution is 2.26. The third-order valence-corrected chi connectivity index (χ3v) is 3.91. The first-order valence-electron chi connectivity index (χ1n) is 6.78. The van der Waals surface area contributed by atoms with Gasteiger partial charge in [-0.1, -0.05) is 19.1 Å². The van der Waals surface area contributed by atoms with Gasteiger partial charge in [0.2, 0.25) is 0 Å². The molecule has 1 N–H and O–H groups in total. The van der Waals surface area contributed by atoms with Crippen molar-refractivity contribution in [1.29, 1.82) is 0 Å². The molecule has 0 spiro atoms. The maximum Gasteiger partial charge on any atom is 0.119 e. The fourth-order valence-corrected chi connectivity index (χ4v) is 2.52. The highest BCUT2D eigenvalue weighted by Gasteiger charge is 2.13. The summed E-state index contributed by atoms with van der Waals surface area (Å²) < 4.78 is 0. The zero-order valence-corrected chi connectivity index (χ0v) is 11.5. The number of likely N-dealkylation sites (tertiary alicyclic amines) is 1. The zero-order valence-electron chi connectivity index (χ0n) is 11.5. The maximum absolute atomic E-state index is 9.88. The predicted octanol–water partition coefficient (Wildman–Crippen LogP) is 3.51. The number of phenolic OH excluding ortho intramolecular Hbond substituents is 1. The molecule has 18 heavy (non-hydrogen) atoms. The van der Waals surface area contributed by atoms with Gasteiger partial charge in [0.15, 0.2) is 0 Å². The van der Waals surface area contributed by atoms with Crippen LogP contribution in [0.5, 0.6) is 5.75 Å². The second kappa shape index (κ2) is 5.57. The predicted molar refractivity (Wildman–Crippen MR) is 76.9 cm³/mol. The summed E-state index contributed by atoms with van der Waals surface area (Å²) in [5.74, 6) is 0.379. The second-order valence-corrected chi connectivity index (χ2v) is 5.38. The third kappa shape index (κ3) is 2.94. The Labute approximate surface area is 110 Å². The van der Waals surface area contributed by atoms with E-state index in [4.69, 9.17) is 0 Å². The first-order valence-corrected chi connectivity index (χ1v) is 6.78.